The molecule has 2 rings (SSSR count). The van der Waals surface area contributed by atoms with Gasteiger partial charge in [-0.15, -0.1) is 0 Å². The van der Waals surface area contributed by atoms with Gasteiger partial charge in [0.1, 0.15) is 0 Å². The summed E-state index contributed by atoms with van der Waals surface area (Å²) in [5.74, 6) is 1.92. The Bertz CT molecular complexity index is 189. The molecule has 2 saturated carbocycles. The van der Waals surface area contributed by atoms with Crippen LogP contribution >= 0.6 is 0 Å². The fourth-order valence-corrected chi connectivity index (χ4v) is 3.23. The zero-order valence-electron chi connectivity index (χ0n) is 10.3. The van der Waals surface area contributed by atoms with E-state index >= 15 is 0 Å². The Kier molecular flexibility index (Phi) is 4.04. The topological polar surface area (TPSA) is 15.3 Å². The van der Waals surface area contributed by atoms with Crippen molar-refractivity contribution in [2.75, 3.05) is 27.2 Å². The molecule has 0 radical (unpaired) electrons. The minimum Gasteiger partial charge on any atom is -0.317 e. The van der Waals surface area contributed by atoms with Crippen LogP contribution in [-0.2, 0) is 0 Å². The van der Waals surface area contributed by atoms with Gasteiger partial charge >= 0.3 is 0 Å². The standard InChI is InChI=1S/C13H26N2/c1-14-13-8-4-7-12(13)10-15(2)9-11-5-3-6-11/h11-14H,3-10H2,1-2H3. The summed E-state index contributed by atoms with van der Waals surface area (Å²) in [6.45, 7) is 2.65. The molecular weight excluding hydrogens is 184 g/mol. The molecule has 1 N–H and O–H groups in total. The Labute approximate surface area is 94.4 Å². The first-order valence-electron chi connectivity index (χ1n) is 6.65. The average Bonchev–Trinajstić information content (AvgIpc) is 2.59. The lowest BCUT2D eigenvalue weighted by atomic mass is 9.85. The molecule has 0 aliphatic heterocycles. The largest absolute Gasteiger partial charge is 0.317 e. The van der Waals surface area contributed by atoms with Gasteiger partial charge in [-0.3, -0.25) is 0 Å². The minimum absolute atomic E-state index is 0.786. The number of hydrogen-bond donors (Lipinski definition) is 1. The molecule has 2 heteroatoms. The normalized spacial score (nSPS) is 32.2. The third kappa shape index (κ3) is 2.94. The molecule has 2 aliphatic carbocycles. The second kappa shape index (κ2) is 5.31. The molecule has 0 aromatic carbocycles. The van der Waals surface area contributed by atoms with Gasteiger partial charge in [-0.05, 0) is 51.6 Å². The fraction of sp³-hybridized carbons (Fsp3) is 1.00. The van der Waals surface area contributed by atoms with Crippen molar-refractivity contribution in [2.24, 2.45) is 11.8 Å². The second-order valence-corrected chi connectivity index (χ2v) is 5.60. The van der Waals surface area contributed by atoms with Gasteiger partial charge in [-0.25, -0.2) is 0 Å². The number of nitrogens with zero attached hydrogens (tertiary/aromatic N) is 1. The van der Waals surface area contributed by atoms with Crippen LogP contribution in [-0.4, -0.2) is 38.1 Å². The highest BCUT2D eigenvalue weighted by atomic mass is 15.1. The van der Waals surface area contributed by atoms with Gasteiger partial charge in [0.05, 0.1) is 0 Å². The average molecular weight is 210 g/mol. The van der Waals surface area contributed by atoms with Crippen molar-refractivity contribution < 1.29 is 0 Å². The van der Waals surface area contributed by atoms with Gasteiger partial charge in [0.2, 0.25) is 0 Å². The van der Waals surface area contributed by atoms with Gasteiger partial charge in [-0.1, -0.05) is 12.8 Å². The summed E-state index contributed by atoms with van der Waals surface area (Å²) in [7, 11) is 4.43. The molecule has 0 aromatic rings. The van der Waals surface area contributed by atoms with Crippen LogP contribution in [0.3, 0.4) is 0 Å². The number of rotatable bonds is 5. The van der Waals surface area contributed by atoms with Gasteiger partial charge in [0.25, 0.3) is 0 Å². The van der Waals surface area contributed by atoms with E-state index in [0.717, 1.165) is 17.9 Å². The first-order chi connectivity index (χ1) is 7.29. The van der Waals surface area contributed by atoms with Crippen LogP contribution in [0, 0.1) is 11.8 Å². The summed E-state index contributed by atoms with van der Waals surface area (Å²) < 4.78 is 0. The maximum absolute atomic E-state index is 3.47. The predicted octanol–water partition coefficient (Wildman–Crippen LogP) is 2.11. The van der Waals surface area contributed by atoms with E-state index < -0.39 is 0 Å². The van der Waals surface area contributed by atoms with E-state index in [2.05, 4.69) is 24.3 Å². The van der Waals surface area contributed by atoms with Gasteiger partial charge < -0.3 is 10.2 Å². The summed E-state index contributed by atoms with van der Waals surface area (Å²) >= 11 is 0. The lowest BCUT2D eigenvalue weighted by molar-refractivity contribution is 0.178. The minimum atomic E-state index is 0.786. The third-order valence-corrected chi connectivity index (χ3v) is 4.37. The Morgan fingerprint density at radius 1 is 1.07 bits per heavy atom. The summed E-state index contributed by atoms with van der Waals surface area (Å²) in [5, 5.41) is 3.47. The molecule has 0 heterocycles. The molecule has 0 saturated heterocycles. The Hall–Kier alpha value is -0.0800. The van der Waals surface area contributed by atoms with E-state index in [1.54, 1.807) is 0 Å². The van der Waals surface area contributed by atoms with E-state index in [-0.39, 0.29) is 0 Å². The van der Waals surface area contributed by atoms with Crippen molar-refractivity contribution in [3.8, 4) is 0 Å². The molecule has 2 fully saturated rings. The van der Waals surface area contributed by atoms with Crippen molar-refractivity contribution in [2.45, 2.75) is 44.6 Å². The van der Waals surface area contributed by atoms with Crippen LogP contribution in [0.2, 0.25) is 0 Å². The van der Waals surface area contributed by atoms with Crippen LogP contribution in [0.15, 0.2) is 0 Å². The molecule has 0 bridgehead atoms. The summed E-state index contributed by atoms with van der Waals surface area (Å²) in [6, 6.07) is 0.786. The van der Waals surface area contributed by atoms with Crippen LogP contribution < -0.4 is 5.32 Å². The van der Waals surface area contributed by atoms with Crippen molar-refractivity contribution >= 4 is 0 Å². The summed E-state index contributed by atoms with van der Waals surface area (Å²) in [6.07, 6.45) is 8.67. The van der Waals surface area contributed by atoms with Crippen LogP contribution in [0.25, 0.3) is 0 Å². The van der Waals surface area contributed by atoms with Crippen molar-refractivity contribution in [3.63, 3.8) is 0 Å². The van der Waals surface area contributed by atoms with Crippen molar-refractivity contribution in [1.82, 2.24) is 10.2 Å². The monoisotopic (exact) mass is 210 g/mol. The van der Waals surface area contributed by atoms with E-state index in [1.807, 2.05) is 0 Å². The highest BCUT2D eigenvalue weighted by molar-refractivity contribution is 4.84. The third-order valence-electron chi connectivity index (χ3n) is 4.37. The smallest absolute Gasteiger partial charge is 0.0104 e. The quantitative estimate of drug-likeness (QED) is 0.747. The van der Waals surface area contributed by atoms with Crippen molar-refractivity contribution in [1.29, 1.82) is 0 Å². The molecule has 2 unspecified atom stereocenters. The van der Waals surface area contributed by atoms with E-state index in [4.69, 9.17) is 0 Å². The summed E-state index contributed by atoms with van der Waals surface area (Å²) in [4.78, 5) is 2.57. The first-order valence-corrected chi connectivity index (χ1v) is 6.65. The maximum Gasteiger partial charge on any atom is 0.0104 e. The molecular formula is C13H26N2. The molecule has 88 valence electrons. The Morgan fingerprint density at radius 2 is 1.80 bits per heavy atom. The fourth-order valence-electron chi connectivity index (χ4n) is 3.23. The SMILES string of the molecule is CNC1CCCC1CN(C)CC1CCC1. The van der Waals surface area contributed by atoms with Crippen LogP contribution in [0.1, 0.15) is 38.5 Å². The lowest BCUT2D eigenvalue weighted by Crippen LogP contribution is -2.38. The van der Waals surface area contributed by atoms with Gasteiger partial charge in [-0.2, -0.15) is 0 Å². The molecule has 15 heavy (non-hydrogen) atoms. The highest BCUT2D eigenvalue weighted by Gasteiger charge is 2.27. The zero-order chi connectivity index (χ0) is 10.7. The van der Waals surface area contributed by atoms with Gasteiger partial charge in [0, 0.05) is 19.1 Å². The molecule has 0 spiro atoms. The first kappa shape index (κ1) is 11.4. The molecule has 2 atom stereocenters. The highest BCUT2D eigenvalue weighted by Crippen LogP contribution is 2.29. The number of nitrogens with one attached hydrogen (secondary N) is 1. The number of hydrogen-bond acceptors (Lipinski definition) is 2. The zero-order valence-corrected chi connectivity index (χ0v) is 10.3. The second-order valence-electron chi connectivity index (χ2n) is 5.60. The van der Waals surface area contributed by atoms with E-state index in [0.29, 0.717) is 0 Å². The van der Waals surface area contributed by atoms with Crippen molar-refractivity contribution in [3.05, 3.63) is 0 Å². The molecule has 0 amide bonds. The Balaban J connectivity index is 1.69. The van der Waals surface area contributed by atoms with E-state index in [9.17, 15) is 0 Å². The predicted molar refractivity (Wildman–Crippen MR) is 65.0 cm³/mol. The molecule has 2 aliphatic rings. The summed E-state index contributed by atoms with van der Waals surface area (Å²) in [5.41, 5.74) is 0. The van der Waals surface area contributed by atoms with Gasteiger partial charge in [0.15, 0.2) is 0 Å². The lowest BCUT2D eigenvalue weighted by Gasteiger charge is -2.32. The maximum atomic E-state index is 3.47. The molecule has 0 aromatic heterocycles. The Morgan fingerprint density at radius 3 is 2.40 bits per heavy atom. The van der Waals surface area contributed by atoms with E-state index in [1.165, 1.54) is 51.6 Å². The van der Waals surface area contributed by atoms with Crippen LogP contribution in [0.5, 0.6) is 0 Å². The molecule has 2 nitrogen and oxygen atoms in total. The van der Waals surface area contributed by atoms with Crippen LogP contribution in [0.4, 0.5) is 0 Å².